The number of anilines is 1. The molecule has 0 aliphatic heterocycles. The number of benzene rings is 2. The van der Waals surface area contributed by atoms with Gasteiger partial charge in [0.25, 0.3) is 5.91 Å². The van der Waals surface area contributed by atoms with Crippen molar-refractivity contribution in [3.63, 3.8) is 0 Å². The summed E-state index contributed by atoms with van der Waals surface area (Å²) in [6, 6.07) is 13.7. The Bertz CT molecular complexity index is 981. The summed E-state index contributed by atoms with van der Waals surface area (Å²) in [6.45, 7) is 0. The smallest absolute Gasteiger partial charge is 0.255 e. The molecule has 25 heavy (non-hydrogen) atoms. The number of rotatable bonds is 5. The summed E-state index contributed by atoms with van der Waals surface area (Å²) in [5.74, 6) is -0.398. The highest BCUT2D eigenvalue weighted by Gasteiger charge is 2.10. The molecule has 3 aromatic rings. The summed E-state index contributed by atoms with van der Waals surface area (Å²) in [6.07, 6.45) is 4.19. The Morgan fingerprint density at radius 3 is 2.56 bits per heavy atom. The topological polar surface area (TPSA) is 94.0 Å². The van der Waals surface area contributed by atoms with E-state index < -0.39 is 9.84 Å². The third-order valence-corrected chi connectivity index (χ3v) is 4.28. The number of carbonyl (C=O) groups excluding carboxylic acids is 1. The number of nitrogens with zero attached hydrogens (tertiary/aromatic N) is 3. The molecule has 0 unspecified atom stereocenters. The summed E-state index contributed by atoms with van der Waals surface area (Å²) in [4.78, 5) is 16.2. The van der Waals surface area contributed by atoms with Crippen molar-refractivity contribution in [3.05, 3.63) is 72.3 Å². The lowest BCUT2D eigenvalue weighted by Gasteiger charge is -2.08. The summed E-state index contributed by atoms with van der Waals surface area (Å²) >= 11 is 0. The first-order valence-electron chi connectivity index (χ1n) is 7.44. The third kappa shape index (κ3) is 4.51. The van der Waals surface area contributed by atoms with E-state index in [1.165, 1.54) is 6.33 Å². The van der Waals surface area contributed by atoms with Crippen LogP contribution < -0.4 is 5.32 Å². The number of carbonyl (C=O) groups is 1. The standard InChI is InChI=1S/C17H16N4O3S/c1-25(23,24)10-13-3-2-4-14(9-13)17(22)20-15-5-7-16(8-6-15)21-12-18-11-19-21/h2-9,11-12H,10H2,1H3,(H,20,22). The Kier molecular flexibility index (Phi) is 4.62. The van der Waals surface area contributed by atoms with Gasteiger partial charge in [-0.25, -0.2) is 18.1 Å². The van der Waals surface area contributed by atoms with Crippen LogP contribution in [0, 0.1) is 0 Å². The van der Waals surface area contributed by atoms with E-state index in [2.05, 4.69) is 15.4 Å². The Morgan fingerprint density at radius 2 is 1.92 bits per heavy atom. The molecule has 8 heteroatoms. The molecule has 1 aromatic heterocycles. The van der Waals surface area contributed by atoms with Crippen molar-refractivity contribution in [1.29, 1.82) is 0 Å². The molecule has 1 heterocycles. The normalized spacial score (nSPS) is 11.2. The fourth-order valence-corrected chi connectivity index (χ4v) is 3.13. The monoisotopic (exact) mass is 356 g/mol. The highest BCUT2D eigenvalue weighted by molar-refractivity contribution is 7.89. The second kappa shape index (κ2) is 6.86. The summed E-state index contributed by atoms with van der Waals surface area (Å²) < 4.78 is 24.4. The third-order valence-electron chi connectivity index (χ3n) is 3.43. The molecular formula is C17H16N4O3S. The zero-order valence-electron chi connectivity index (χ0n) is 13.5. The molecule has 0 fully saturated rings. The van der Waals surface area contributed by atoms with E-state index in [4.69, 9.17) is 0 Å². The molecule has 0 saturated heterocycles. The lowest BCUT2D eigenvalue weighted by Crippen LogP contribution is -2.12. The number of sulfone groups is 1. The fourth-order valence-electron chi connectivity index (χ4n) is 2.35. The summed E-state index contributed by atoms with van der Waals surface area (Å²) in [5.41, 5.74) is 2.44. The number of hydrogen-bond donors (Lipinski definition) is 1. The van der Waals surface area contributed by atoms with E-state index in [-0.39, 0.29) is 11.7 Å². The maximum absolute atomic E-state index is 12.4. The van der Waals surface area contributed by atoms with E-state index >= 15 is 0 Å². The molecule has 0 saturated carbocycles. The minimum Gasteiger partial charge on any atom is -0.322 e. The second-order valence-corrected chi connectivity index (χ2v) is 7.75. The van der Waals surface area contributed by atoms with Crippen LogP contribution in [0.5, 0.6) is 0 Å². The first-order chi connectivity index (χ1) is 11.9. The molecule has 1 N–H and O–H groups in total. The van der Waals surface area contributed by atoms with Gasteiger partial charge in [-0.3, -0.25) is 4.79 Å². The quantitative estimate of drug-likeness (QED) is 0.755. The van der Waals surface area contributed by atoms with Crippen molar-refractivity contribution in [2.24, 2.45) is 0 Å². The van der Waals surface area contributed by atoms with Gasteiger partial charge >= 0.3 is 0 Å². The van der Waals surface area contributed by atoms with Crippen LogP contribution in [-0.2, 0) is 15.6 Å². The first kappa shape index (κ1) is 16.8. The van der Waals surface area contributed by atoms with Crippen molar-refractivity contribution in [3.8, 4) is 5.69 Å². The van der Waals surface area contributed by atoms with E-state index in [1.807, 2.05) is 12.1 Å². The fraction of sp³-hybridized carbons (Fsp3) is 0.118. The minimum absolute atomic E-state index is 0.0965. The molecule has 0 spiro atoms. The van der Waals surface area contributed by atoms with E-state index in [1.54, 1.807) is 47.4 Å². The van der Waals surface area contributed by atoms with Gasteiger partial charge in [0.1, 0.15) is 12.7 Å². The number of nitrogens with one attached hydrogen (secondary N) is 1. The zero-order valence-corrected chi connectivity index (χ0v) is 14.3. The maximum atomic E-state index is 12.4. The SMILES string of the molecule is CS(=O)(=O)Cc1cccc(C(=O)Nc2ccc(-n3cncn3)cc2)c1. The van der Waals surface area contributed by atoms with Crippen molar-refractivity contribution in [2.75, 3.05) is 11.6 Å². The lowest BCUT2D eigenvalue weighted by atomic mass is 10.1. The molecule has 2 aromatic carbocycles. The van der Waals surface area contributed by atoms with E-state index in [9.17, 15) is 13.2 Å². The molecule has 0 bridgehead atoms. The molecular weight excluding hydrogens is 340 g/mol. The van der Waals surface area contributed by atoms with Crippen LogP contribution >= 0.6 is 0 Å². The average molecular weight is 356 g/mol. The van der Waals surface area contributed by atoms with Crippen LogP contribution in [0.1, 0.15) is 15.9 Å². The largest absolute Gasteiger partial charge is 0.322 e. The minimum atomic E-state index is -3.15. The van der Waals surface area contributed by atoms with Crippen LogP contribution in [0.25, 0.3) is 5.69 Å². The number of amides is 1. The second-order valence-electron chi connectivity index (χ2n) is 5.61. The molecule has 0 atom stereocenters. The van der Waals surface area contributed by atoms with Crippen LogP contribution in [0.2, 0.25) is 0 Å². The van der Waals surface area contributed by atoms with Crippen LogP contribution in [0.15, 0.2) is 61.2 Å². The average Bonchev–Trinajstić information content (AvgIpc) is 3.08. The molecule has 7 nitrogen and oxygen atoms in total. The highest BCUT2D eigenvalue weighted by Crippen LogP contribution is 2.15. The number of aromatic nitrogens is 3. The zero-order chi connectivity index (χ0) is 17.9. The lowest BCUT2D eigenvalue weighted by molar-refractivity contribution is 0.102. The van der Waals surface area contributed by atoms with Gasteiger partial charge in [0.15, 0.2) is 9.84 Å². The molecule has 0 aliphatic carbocycles. The van der Waals surface area contributed by atoms with Gasteiger partial charge < -0.3 is 5.32 Å². The van der Waals surface area contributed by atoms with Gasteiger partial charge in [0.05, 0.1) is 11.4 Å². The number of hydrogen-bond acceptors (Lipinski definition) is 5. The first-order valence-corrected chi connectivity index (χ1v) is 9.50. The molecule has 1 amide bonds. The van der Waals surface area contributed by atoms with E-state index in [0.29, 0.717) is 16.8 Å². The van der Waals surface area contributed by atoms with Gasteiger partial charge in [0, 0.05) is 17.5 Å². The van der Waals surface area contributed by atoms with Gasteiger partial charge in [0.2, 0.25) is 0 Å². The van der Waals surface area contributed by atoms with Gasteiger partial charge in [-0.2, -0.15) is 5.10 Å². The van der Waals surface area contributed by atoms with Crippen molar-refractivity contribution in [2.45, 2.75) is 5.75 Å². The van der Waals surface area contributed by atoms with Crippen molar-refractivity contribution in [1.82, 2.24) is 14.8 Å². The molecule has 3 rings (SSSR count). The predicted octanol–water partition coefficient (Wildman–Crippen LogP) is 2.06. The van der Waals surface area contributed by atoms with Crippen LogP contribution in [0.4, 0.5) is 5.69 Å². The molecule has 0 aliphatic rings. The Hall–Kier alpha value is -3.00. The summed E-state index contributed by atoms with van der Waals surface area (Å²) in [7, 11) is -3.15. The molecule has 0 radical (unpaired) electrons. The highest BCUT2D eigenvalue weighted by atomic mass is 32.2. The van der Waals surface area contributed by atoms with Gasteiger partial charge in [-0.1, -0.05) is 12.1 Å². The Morgan fingerprint density at radius 1 is 1.16 bits per heavy atom. The van der Waals surface area contributed by atoms with Crippen molar-refractivity contribution < 1.29 is 13.2 Å². The predicted molar refractivity (Wildman–Crippen MR) is 94.3 cm³/mol. The Labute approximate surface area is 145 Å². The van der Waals surface area contributed by atoms with Crippen LogP contribution in [0.3, 0.4) is 0 Å². The van der Waals surface area contributed by atoms with Gasteiger partial charge in [-0.15, -0.1) is 0 Å². The van der Waals surface area contributed by atoms with E-state index in [0.717, 1.165) is 11.9 Å². The van der Waals surface area contributed by atoms with Crippen molar-refractivity contribution >= 4 is 21.4 Å². The van der Waals surface area contributed by atoms with Crippen LogP contribution in [-0.4, -0.2) is 35.3 Å². The Balaban J connectivity index is 1.73. The van der Waals surface area contributed by atoms with Gasteiger partial charge in [-0.05, 0) is 42.0 Å². The molecule has 128 valence electrons. The summed E-state index contributed by atoms with van der Waals surface area (Å²) in [5, 5.41) is 6.82. The maximum Gasteiger partial charge on any atom is 0.255 e.